The first-order valence-electron chi connectivity index (χ1n) is 10.5. The molecule has 7 heteroatoms. The topological polar surface area (TPSA) is 88.1 Å². The number of nitrogens with one attached hydrogen (secondary N) is 1. The first kappa shape index (κ1) is 20.6. The summed E-state index contributed by atoms with van der Waals surface area (Å²) in [6.45, 7) is 6.68. The van der Waals surface area contributed by atoms with Gasteiger partial charge in [0.2, 0.25) is 0 Å². The number of likely N-dealkylation sites (tertiary alicyclic amines) is 1. The Morgan fingerprint density at radius 1 is 1.04 bits per heavy atom. The fraction of sp³-hybridized carbons (Fsp3) is 0.900. The molecule has 1 aliphatic carbocycles. The summed E-state index contributed by atoms with van der Waals surface area (Å²) >= 11 is 0. The van der Waals surface area contributed by atoms with Crippen molar-refractivity contribution in [3.63, 3.8) is 0 Å². The number of aliphatic hydroxyl groups is 1. The Balaban J connectivity index is 1.55. The van der Waals surface area contributed by atoms with Gasteiger partial charge in [-0.2, -0.15) is 0 Å². The number of carbonyl (C=O) groups is 2. The van der Waals surface area contributed by atoms with Crippen LogP contribution >= 0.6 is 0 Å². The maximum Gasteiger partial charge on any atom is 0.323 e. The first-order chi connectivity index (χ1) is 13.0. The Morgan fingerprint density at radius 3 is 2.52 bits per heavy atom. The molecular formula is C20H34N2O5. The van der Waals surface area contributed by atoms with E-state index in [1.54, 1.807) is 0 Å². The minimum atomic E-state index is -0.456. The molecule has 3 rings (SSSR count). The average molecular weight is 383 g/mol. The molecule has 2 unspecified atom stereocenters. The Bertz CT molecular complexity index is 529. The number of esters is 2. The van der Waals surface area contributed by atoms with Gasteiger partial charge in [-0.1, -0.05) is 0 Å². The van der Waals surface area contributed by atoms with E-state index in [4.69, 9.17) is 9.47 Å². The lowest BCUT2D eigenvalue weighted by atomic mass is 9.69. The molecule has 6 atom stereocenters. The molecule has 2 heterocycles. The van der Waals surface area contributed by atoms with Gasteiger partial charge in [-0.3, -0.25) is 14.5 Å². The van der Waals surface area contributed by atoms with Gasteiger partial charge in [0, 0.05) is 19.5 Å². The minimum absolute atomic E-state index is 0.136. The Labute approximate surface area is 161 Å². The highest BCUT2D eigenvalue weighted by Gasteiger charge is 2.41. The summed E-state index contributed by atoms with van der Waals surface area (Å²) in [6.07, 6.45) is 4.21. The minimum Gasteiger partial charge on any atom is -0.465 e. The number of nitrogens with zero attached hydrogens (tertiary/aromatic N) is 1. The summed E-state index contributed by atoms with van der Waals surface area (Å²) in [7, 11) is 0. The molecule has 3 fully saturated rings. The van der Waals surface area contributed by atoms with Crippen molar-refractivity contribution >= 4 is 11.9 Å². The monoisotopic (exact) mass is 382 g/mol. The lowest BCUT2D eigenvalue weighted by molar-refractivity contribution is -0.149. The van der Waals surface area contributed by atoms with E-state index >= 15 is 0 Å². The number of hydrogen-bond acceptors (Lipinski definition) is 7. The second-order valence-electron chi connectivity index (χ2n) is 8.26. The van der Waals surface area contributed by atoms with E-state index in [0.29, 0.717) is 43.9 Å². The van der Waals surface area contributed by atoms with Gasteiger partial charge in [0.1, 0.15) is 12.1 Å². The summed E-state index contributed by atoms with van der Waals surface area (Å²) in [4.78, 5) is 26.4. The van der Waals surface area contributed by atoms with Gasteiger partial charge in [-0.15, -0.1) is 0 Å². The molecule has 154 valence electrons. The van der Waals surface area contributed by atoms with E-state index < -0.39 is 6.10 Å². The molecule has 2 saturated heterocycles. The first-order valence-corrected chi connectivity index (χ1v) is 10.5. The molecule has 0 aromatic rings. The van der Waals surface area contributed by atoms with Crippen molar-refractivity contribution in [2.75, 3.05) is 32.8 Å². The number of β-amino-alcohol motifs (C(OH)–C–C–N with tert-alkyl or cyclic N) is 1. The van der Waals surface area contributed by atoms with Crippen LogP contribution < -0.4 is 5.32 Å². The molecule has 1 saturated carbocycles. The van der Waals surface area contributed by atoms with Crippen LogP contribution in [0, 0.1) is 17.8 Å². The molecule has 0 radical (unpaired) electrons. The molecule has 0 aromatic heterocycles. The van der Waals surface area contributed by atoms with Crippen LogP contribution in [-0.2, 0) is 19.1 Å². The van der Waals surface area contributed by atoms with E-state index in [9.17, 15) is 14.7 Å². The van der Waals surface area contributed by atoms with Crippen molar-refractivity contribution in [1.29, 1.82) is 0 Å². The number of rotatable bonds is 6. The van der Waals surface area contributed by atoms with Crippen molar-refractivity contribution in [1.82, 2.24) is 10.2 Å². The third kappa shape index (κ3) is 5.00. The standard InChI is InChI=1S/C20H34N2O5/c1-3-26-19(24)17-8-15-7-13(5-6-14(15)10-21-17)11-22-12-16(23)9-18(22)20(25)27-4-2/h13-18,21,23H,3-12H2,1-2H3/t13-,14-,15?,16+,17?,18-/m0/s1. The fourth-order valence-electron chi connectivity index (χ4n) is 5.15. The van der Waals surface area contributed by atoms with E-state index in [-0.39, 0.29) is 24.0 Å². The van der Waals surface area contributed by atoms with Crippen LogP contribution in [0.25, 0.3) is 0 Å². The SMILES string of the molecule is CCOC(=O)C1CC2C[C@@H](CN3C[C@H](O)C[C@H]3C(=O)OCC)CC[C@H]2CN1. The van der Waals surface area contributed by atoms with Crippen LogP contribution in [0.15, 0.2) is 0 Å². The summed E-state index contributed by atoms with van der Waals surface area (Å²) in [6, 6.07) is -0.510. The van der Waals surface area contributed by atoms with Crippen molar-refractivity contribution < 1.29 is 24.2 Å². The molecule has 0 aromatic carbocycles. The van der Waals surface area contributed by atoms with Crippen molar-refractivity contribution in [2.45, 2.75) is 64.1 Å². The summed E-state index contributed by atoms with van der Waals surface area (Å²) in [5.41, 5.74) is 0. The quantitative estimate of drug-likeness (QED) is 0.661. The van der Waals surface area contributed by atoms with E-state index in [2.05, 4.69) is 10.2 Å². The van der Waals surface area contributed by atoms with E-state index in [1.165, 1.54) is 0 Å². The maximum absolute atomic E-state index is 12.2. The number of ether oxygens (including phenoxy) is 2. The fourth-order valence-corrected chi connectivity index (χ4v) is 5.15. The van der Waals surface area contributed by atoms with Gasteiger partial charge in [-0.25, -0.2) is 0 Å². The Kier molecular flexibility index (Phi) is 7.11. The van der Waals surface area contributed by atoms with Gasteiger partial charge < -0.3 is 19.9 Å². The summed E-state index contributed by atoms with van der Waals surface area (Å²) in [5, 5.41) is 13.4. The van der Waals surface area contributed by atoms with Gasteiger partial charge in [-0.05, 0) is 63.8 Å². The second kappa shape index (κ2) is 9.34. The highest BCUT2D eigenvalue weighted by Crippen LogP contribution is 2.39. The molecule has 7 nitrogen and oxygen atoms in total. The highest BCUT2D eigenvalue weighted by molar-refractivity contribution is 5.76. The van der Waals surface area contributed by atoms with Crippen LogP contribution in [0.3, 0.4) is 0 Å². The Hall–Kier alpha value is -1.18. The van der Waals surface area contributed by atoms with E-state index in [1.807, 2.05) is 13.8 Å². The van der Waals surface area contributed by atoms with Crippen LogP contribution in [0.5, 0.6) is 0 Å². The number of hydrogen-bond donors (Lipinski definition) is 2. The zero-order valence-electron chi connectivity index (χ0n) is 16.6. The van der Waals surface area contributed by atoms with Crippen molar-refractivity contribution in [2.24, 2.45) is 17.8 Å². The molecule has 2 aliphatic heterocycles. The number of carbonyl (C=O) groups excluding carboxylic acids is 2. The number of fused-ring (bicyclic) bond motifs is 1. The zero-order valence-corrected chi connectivity index (χ0v) is 16.6. The summed E-state index contributed by atoms with van der Waals surface area (Å²) < 4.78 is 10.4. The third-order valence-electron chi connectivity index (χ3n) is 6.42. The molecule has 0 spiro atoms. The van der Waals surface area contributed by atoms with E-state index in [0.717, 1.165) is 38.8 Å². The highest BCUT2D eigenvalue weighted by atomic mass is 16.5. The zero-order chi connectivity index (χ0) is 19.4. The van der Waals surface area contributed by atoms with Gasteiger partial charge in [0.25, 0.3) is 0 Å². The van der Waals surface area contributed by atoms with Gasteiger partial charge in [0.15, 0.2) is 0 Å². The second-order valence-corrected chi connectivity index (χ2v) is 8.26. The predicted molar refractivity (Wildman–Crippen MR) is 100.0 cm³/mol. The smallest absolute Gasteiger partial charge is 0.323 e. The van der Waals surface area contributed by atoms with Crippen LogP contribution in [0.1, 0.15) is 46.0 Å². The Morgan fingerprint density at radius 2 is 1.78 bits per heavy atom. The number of aliphatic hydroxyl groups excluding tert-OH is 1. The van der Waals surface area contributed by atoms with Crippen LogP contribution in [0.2, 0.25) is 0 Å². The normalized spacial score (nSPS) is 36.9. The average Bonchev–Trinajstić information content (AvgIpc) is 3.02. The third-order valence-corrected chi connectivity index (χ3v) is 6.42. The maximum atomic E-state index is 12.2. The van der Waals surface area contributed by atoms with Crippen molar-refractivity contribution in [3.05, 3.63) is 0 Å². The largest absolute Gasteiger partial charge is 0.465 e. The molecule has 2 N–H and O–H groups in total. The molecule has 27 heavy (non-hydrogen) atoms. The van der Waals surface area contributed by atoms with Crippen LogP contribution in [-0.4, -0.2) is 73.0 Å². The van der Waals surface area contributed by atoms with Gasteiger partial charge in [0.05, 0.1) is 19.3 Å². The van der Waals surface area contributed by atoms with Crippen LogP contribution in [0.4, 0.5) is 0 Å². The predicted octanol–water partition coefficient (Wildman–Crippen LogP) is 0.942. The lowest BCUT2D eigenvalue weighted by Gasteiger charge is -2.43. The molecule has 3 aliphatic rings. The molecule has 0 amide bonds. The number of piperidine rings is 1. The summed E-state index contributed by atoms with van der Waals surface area (Å²) in [5.74, 6) is 1.29. The molecule has 0 bridgehead atoms. The van der Waals surface area contributed by atoms with Crippen molar-refractivity contribution in [3.8, 4) is 0 Å². The van der Waals surface area contributed by atoms with Gasteiger partial charge >= 0.3 is 11.9 Å². The lowest BCUT2D eigenvalue weighted by Crippen LogP contribution is -2.51. The molecular weight excluding hydrogens is 348 g/mol.